The number of amides is 1. The summed E-state index contributed by atoms with van der Waals surface area (Å²) in [6.07, 6.45) is 4.72. The van der Waals surface area contributed by atoms with E-state index in [0.29, 0.717) is 19.8 Å². The topological polar surface area (TPSA) is 38.8 Å². The maximum atomic E-state index is 12.7. The van der Waals surface area contributed by atoms with E-state index in [1.54, 1.807) is 16.2 Å². The molecule has 4 nitrogen and oxygen atoms in total. The molecule has 0 saturated carbocycles. The molecule has 1 aromatic carbocycles. The van der Waals surface area contributed by atoms with E-state index in [4.69, 9.17) is 9.47 Å². The second-order valence-corrected chi connectivity index (χ2v) is 7.54. The molecule has 126 valence electrons. The third-order valence-corrected chi connectivity index (χ3v) is 5.81. The van der Waals surface area contributed by atoms with Gasteiger partial charge >= 0.3 is 0 Å². The predicted octanol–water partition coefficient (Wildman–Crippen LogP) is 3.67. The Labute approximate surface area is 146 Å². The van der Waals surface area contributed by atoms with Crippen molar-refractivity contribution in [1.29, 1.82) is 0 Å². The van der Waals surface area contributed by atoms with Crippen molar-refractivity contribution in [2.75, 3.05) is 20.3 Å². The molecule has 0 atom stereocenters. The van der Waals surface area contributed by atoms with Crippen LogP contribution < -0.4 is 9.47 Å². The number of thiophene rings is 1. The Balaban J connectivity index is 1.48. The second-order valence-electron chi connectivity index (χ2n) is 6.41. The van der Waals surface area contributed by atoms with Gasteiger partial charge in [0.2, 0.25) is 0 Å². The second kappa shape index (κ2) is 6.48. The van der Waals surface area contributed by atoms with E-state index in [2.05, 4.69) is 6.07 Å². The summed E-state index contributed by atoms with van der Waals surface area (Å²) < 4.78 is 11.2. The summed E-state index contributed by atoms with van der Waals surface area (Å²) in [6.45, 7) is 1.73. The van der Waals surface area contributed by atoms with Crippen molar-refractivity contribution in [2.45, 2.75) is 32.2 Å². The minimum absolute atomic E-state index is 0.101. The largest absolute Gasteiger partial charge is 0.486 e. The molecule has 1 aromatic heterocycles. The fraction of sp³-hybridized carbons (Fsp3) is 0.421. The van der Waals surface area contributed by atoms with Crippen molar-refractivity contribution in [3.05, 3.63) is 45.1 Å². The van der Waals surface area contributed by atoms with Crippen LogP contribution in [-0.4, -0.2) is 31.1 Å². The van der Waals surface area contributed by atoms with Gasteiger partial charge in [0.15, 0.2) is 11.5 Å². The van der Waals surface area contributed by atoms with Gasteiger partial charge in [0, 0.05) is 18.5 Å². The van der Waals surface area contributed by atoms with E-state index in [9.17, 15) is 4.79 Å². The van der Waals surface area contributed by atoms with Crippen LogP contribution in [0.25, 0.3) is 0 Å². The molecule has 0 fully saturated rings. The lowest BCUT2D eigenvalue weighted by molar-refractivity contribution is 0.0789. The molecule has 4 rings (SSSR count). The van der Waals surface area contributed by atoms with Crippen molar-refractivity contribution in [1.82, 2.24) is 4.90 Å². The minimum atomic E-state index is 0.101. The summed E-state index contributed by atoms with van der Waals surface area (Å²) in [7, 11) is 1.86. The molecule has 0 bridgehead atoms. The highest BCUT2D eigenvalue weighted by Crippen LogP contribution is 2.32. The molecular weight excluding hydrogens is 322 g/mol. The number of hydrogen-bond donors (Lipinski definition) is 0. The quantitative estimate of drug-likeness (QED) is 0.853. The Morgan fingerprint density at radius 1 is 1.12 bits per heavy atom. The standard InChI is InChI=1S/C19H21NO3S/c1-20(12-13-6-7-15-16(10-13)23-9-8-22-15)19(21)18-11-14-4-2-3-5-17(14)24-18/h6-7,10-11H,2-5,8-9,12H2,1H3. The van der Waals surface area contributed by atoms with E-state index in [-0.39, 0.29) is 5.91 Å². The fourth-order valence-corrected chi connectivity index (χ4v) is 4.56. The summed E-state index contributed by atoms with van der Waals surface area (Å²) >= 11 is 1.67. The van der Waals surface area contributed by atoms with Crippen molar-refractivity contribution >= 4 is 17.2 Å². The Morgan fingerprint density at radius 3 is 2.75 bits per heavy atom. The van der Waals surface area contributed by atoms with Crippen LogP contribution in [0.2, 0.25) is 0 Å². The molecule has 1 aliphatic carbocycles. The van der Waals surface area contributed by atoms with Crippen molar-refractivity contribution in [3.8, 4) is 11.5 Å². The Bertz CT molecular complexity index is 744. The summed E-state index contributed by atoms with van der Waals surface area (Å²) in [4.78, 5) is 16.8. The van der Waals surface area contributed by atoms with Gasteiger partial charge in [-0.2, -0.15) is 0 Å². The van der Waals surface area contributed by atoms with Crippen LogP contribution in [0.1, 0.15) is 38.5 Å². The zero-order chi connectivity index (χ0) is 16.5. The van der Waals surface area contributed by atoms with Crippen LogP contribution >= 0.6 is 11.3 Å². The molecule has 1 amide bonds. The van der Waals surface area contributed by atoms with Crippen LogP contribution in [-0.2, 0) is 19.4 Å². The van der Waals surface area contributed by atoms with Crippen molar-refractivity contribution in [3.63, 3.8) is 0 Å². The minimum Gasteiger partial charge on any atom is -0.486 e. The number of aryl methyl sites for hydroxylation is 2. The lowest BCUT2D eigenvalue weighted by Crippen LogP contribution is -2.25. The summed E-state index contributed by atoms with van der Waals surface area (Å²) in [6, 6.07) is 7.99. The molecule has 0 N–H and O–H groups in total. The average molecular weight is 343 g/mol. The first-order chi connectivity index (χ1) is 11.7. The molecule has 0 unspecified atom stereocenters. The van der Waals surface area contributed by atoms with Gasteiger partial charge < -0.3 is 14.4 Å². The van der Waals surface area contributed by atoms with E-state index < -0.39 is 0 Å². The molecular formula is C19H21NO3S. The lowest BCUT2D eigenvalue weighted by Gasteiger charge is -2.21. The number of carbonyl (C=O) groups excluding carboxylic acids is 1. The number of benzene rings is 1. The fourth-order valence-electron chi connectivity index (χ4n) is 3.32. The lowest BCUT2D eigenvalue weighted by atomic mass is 9.99. The van der Waals surface area contributed by atoms with Crippen molar-refractivity contribution < 1.29 is 14.3 Å². The molecule has 0 radical (unpaired) electrons. The number of carbonyl (C=O) groups is 1. The molecule has 2 heterocycles. The average Bonchev–Trinajstić information content (AvgIpc) is 3.05. The van der Waals surface area contributed by atoms with Crippen LogP contribution in [0.4, 0.5) is 0 Å². The molecule has 24 heavy (non-hydrogen) atoms. The van der Waals surface area contributed by atoms with Gasteiger partial charge in [0.1, 0.15) is 13.2 Å². The van der Waals surface area contributed by atoms with Crippen molar-refractivity contribution in [2.24, 2.45) is 0 Å². The number of hydrogen-bond acceptors (Lipinski definition) is 4. The number of rotatable bonds is 3. The van der Waals surface area contributed by atoms with E-state index in [0.717, 1.165) is 34.8 Å². The molecule has 2 aliphatic rings. The SMILES string of the molecule is CN(Cc1ccc2c(c1)OCCO2)C(=O)c1cc2c(s1)CCCC2. The first kappa shape index (κ1) is 15.5. The zero-order valence-corrected chi connectivity index (χ0v) is 14.7. The van der Waals surface area contributed by atoms with Crippen LogP contribution in [0, 0.1) is 0 Å². The summed E-state index contributed by atoms with van der Waals surface area (Å²) in [5.41, 5.74) is 2.43. The number of fused-ring (bicyclic) bond motifs is 2. The van der Waals surface area contributed by atoms with Crippen LogP contribution in [0.3, 0.4) is 0 Å². The first-order valence-electron chi connectivity index (χ1n) is 8.46. The number of ether oxygens (including phenoxy) is 2. The molecule has 5 heteroatoms. The van der Waals surface area contributed by atoms with Crippen LogP contribution in [0.15, 0.2) is 24.3 Å². The third kappa shape index (κ3) is 3.00. The molecule has 0 saturated heterocycles. The Kier molecular flexibility index (Phi) is 4.19. The molecule has 2 aromatic rings. The molecule has 0 spiro atoms. The summed E-state index contributed by atoms with van der Waals surface area (Å²) in [5, 5.41) is 0. The maximum Gasteiger partial charge on any atom is 0.263 e. The molecule has 1 aliphatic heterocycles. The summed E-state index contributed by atoms with van der Waals surface area (Å²) in [5.74, 6) is 1.65. The van der Waals surface area contributed by atoms with E-state index in [1.165, 1.54) is 23.3 Å². The monoisotopic (exact) mass is 343 g/mol. The van der Waals surface area contributed by atoms with Gasteiger partial charge in [0.25, 0.3) is 5.91 Å². The maximum absolute atomic E-state index is 12.7. The van der Waals surface area contributed by atoms with E-state index >= 15 is 0 Å². The van der Waals surface area contributed by atoms with Gasteiger partial charge in [0.05, 0.1) is 4.88 Å². The van der Waals surface area contributed by atoms with Gasteiger partial charge in [-0.1, -0.05) is 6.07 Å². The van der Waals surface area contributed by atoms with E-state index in [1.807, 2.05) is 25.2 Å². The van der Waals surface area contributed by atoms with Crippen LogP contribution in [0.5, 0.6) is 11.5 Å². The van der Waals surface area contributed by atoms with Gasteiger partial charge in [-0.3, -0.25) is 4.79 Å². The highest BCUT2D eigenvalue weighted by molar-refractivity contribution is 7.14. The van der Waals surface area contributed by atoms with Gasteiger partial charge in [-0.25, -0.2) is 0 Å². The highest BCUT2D eigenvalue weighted by Gasteiger charge is 2.20. The zero-order valence-electron chi connectivity index (χ0n) is 13.8. The third-order valence-electron chi connectivity index (χ3n) is 4.58. The predicted molar refractivity (Wildman–Crippen MR) is 94.2 cm³/mol. The van der Waals surface area contributed by atoms with Gasteiger partial charge in [-0.15, -0.1) is 11.3 Å². The normalized spacial score (nSPS) is 15.7. The highest BCUT2D eigenvalue weighted by atomic mass is 32.1. The smallest absolute Gasteiger partial charge is 0.263 e. The first-order valence-corrected chi connectivity index (χ1v) is 9.28. The Hall–Kier alpha value is -2.01. The van der Waals surface area contributed by atoms with Gasteiger partial charge in [-0.05, 0) is 55.0 Å². The number of nitrogens with zero attached hydrogens (tertiary/aromatic N) is 1. The Morgan fingerprint density at radius 2 is 1.92 bits per heavy atom.